The Morgan fingerprint density at radius 1 is 1.24 bits per heavy atom. The molecule has 1 amide bonds. The standard InChI is InChI=1S/C16H17N5O3.ClH/c22-16(19-9-11-7-17-8-12(11)10-19)15-4-5-20(18-15)13-2-1-3-14(6-13)21(23)24;/h1-6,11-12,17H,7-10H2;1H/t11-,12+;. The summed E-state index contributed by atoms with van der Waals surface area (Å²) in [7, 11) is 0. The Morgan fingerprint density at radius 3 is 2.64 bits per heavy atom. The van der Waals surface area contributed by atoms with Crippen molar-refractivity contribution in [2.75, 3.05) is 26.2 Å². The maximum atomic E-state index is 12.6. The number of non-ortho nitro benzene ring substituents is 1. The molecule has 1 N–H and O–H groups in total. The monoisotopic (exact) mass is 363 g/mol. The number of nitro benzene ring substituents is 1. The first-order valence-electron chi connectivity index (χ1n) is 7.92. The number of hydrogen-bond acceptors (Lipinski definition) is 5. The summed E-state index contributed by atoms with van der Waals surface area (Å²) in [5.74, 6) is 0.995. The summed E-state index contributed by atoms with van der Waals surface area (Å²) in [6.07, 6.45) is 1.66. The van der Waals surface area contributed by atoms with Gasteiger partial charge >= 0.3 is 0 Å². The SMILES string of the molecule is Cl.O=C(c1ccn(-c2cccc([N+](=O)[O-])c2)n1)N1C[C@H]2CNC[C@H]2C1. The maximum Gasteiger partial charge on any atom is 0.274 e. The van der Waals surface area contributed by atoms with E-state index in [2.05, 4.69) is 10.4 Å². The molecule has 0 aliphatic carbocycles. The summed E-state index contributed by atoms with van der Waals surface area (Å²) in [6, 6.07) is 7.85. The van der Waals surface area contributed by atoms with Crippen LogP contribution in [0.25, 0.3) is 5.69 Å². The number of aromatic nitrogens is 2. The Labute approximate surface area is 150 Å². The lowest BCUT2D eigenvalue weighted by Gasteiger charge is -2.15. The molecule has 2 saturated heterocycles. The van der Waals surface area contributed by atoms with Crippen molar-refractivity contribution in [3.8, 4) is 5.69 Å². The minimum absolute atomic E-state index is 0. The Hall–Kier alpha value is -2.45. The summed E-state index contributed by atoms with van der Waals surface area (Å²) in [4.78, 5) is 24.9. The van der Waals surface area contributed by atoms with E-state index in [0.717, 1.165) is 26.2 Å². The largest absolute Gasteiger partial charge is 0.337 e. The van der Waals surface area contributed by atoms with E-state index in [4.69, 9.17) is 0 Å². The van der Waals surface area contributed by atoms with Gasteiger partial charge in [0.2, 0.25) is 0 Å². The second-order valence-corrected chi connectivity index (χ2v) is 6.31. The number of rotatable bonds is 3. The Kier molecular flexibility index (Phi) is 4.73. The molecule has 0 saturated carbocycles. The normalized spacial score (nSPS) is 21.7. The molecule has 2 aliphatic rings. The smallest absolute Gasteiger partial charge is 0.274 e. The fourth-order valence-electron chi connectivity index (χ4n) is 3.51. The van der Waals surface area contributed by atoms with Crippen LogP contribution in [0.1, 0.15) is 10.5 Å². The number of nitro groups is 1. The minimum atomic E-state index is -0.448. The number of carbonyl (C=O) groups excluding carboxylic acids is 1. The molecule has 1 aromatic heterocycles. The molecule has 2 aromatic rings. The number of amides is 1. The van der Waals surface area contributed by atoms with Crippen LogP contribution < -0.4 is 5.32 Å². The first-order valence-corrected chi connectivity index (χ1v) is 7.92. The van der Waals surface area contributed by atoms with Crippen LogP contribution in [-0.4, -0.2) is 51.7 Å². The summed E-state index contributed by atoms with van der Waals surface area (Å²) in [5.41, 5.74) is 0.927. The lowest BCUT2D eigenvalue weighted by atomic mass is 10.0. The number of nitrogens with zero attached hydrogens (tertiary/aromatic N) is 4. The van der Waals surface area contributed by atoms with Crippen molar-refractivity contribution in [1.82, 2.24) is 20.0 Å². The maximum absolute atomic E-state index is 12.6. The molecule has 0 radical (unpaired) electrons. The lowest BCUT2D eigenvalue weighted by molar-refractivity contribution is -0.384. The van der Waals surface area contributed by atoms with Crippen LogP contribution in [0.2, 0.25) is 0 Å². The van der Waals surface area contributed by atoms with Crippen molar-refractivity contribution in [3.05, 3.63) is 52.3 Å². The van der Waals surface area contributed by atoms with Crippen LogP contribution in [-0.2, 0) is 0 Å². The zero-order valence-electron chi connectivity index (χ0n) is 13.4. The predicted molar refractivity (Wildman–Crippen MR) is 93.2 cm³/mol. The van der Waals surface area contributed by atoms with Gasteiger partial charge in [-0.05, 0) is 24.0 Å². The number of fused-ring (bicyclic) bond motifs is 1. The number of nitrogens with one attached hydrogen (secondary N) is 1. The minimum Gasteiger partial charge on any atom is -0.337 e. The molecule has 4 rings (SSSR count). The molecular weight excluding hydrogens is 346 g/mol. The van der Waals surface area contributed by atoms with Crippen LogP contribution in [0.3, 0.4) is 0 Å². The van der Waals surface area contributed by atoms with Crippen LogP contribution in [0.4, 0.5) is 5.69 Å². The molecule has 132 valence electrons. The van der Waals surface area contributed by atoms with Crippen molar-refractivity contribution in [2.45, 2.75) is 0 Å². The van der Waals surface area contributed by atoms with Crippen LogP contribution >= 0.6 is 12.4 Å². The van der Waals surface area contributed by atoms with Gasteiger partial charge in [-0.2, -0.15) is 5.10 Å². The number of hydrogen-bond donors (Lipinski definition) is 1. The number of carbonyl (C=O) groups is 1. The molecule has 25 heavy (non-hydrogen) atoms. The second-order valence-electron chi connectivity index (χ2n) is 6.31. The van der Waals surface area contributed by atoms with Gasteiger partial charge in [0.25, 0.3) is 11.6 Å². The van der Waals surface area contributed by atoms with Gasteiger partial charge in [-0.3, -0.25) is 14.9 Å². The molecule has 9 heteroatoms. The van der Waals surface area contributed by atoms with Gasteiger partial charge in [0.05, 0.1) is 10.6 Å². The highest BCUT2D eigenvalue weighted by Crippen LogP contribution is 2.27. The van der Waals surface area contributed by atoms with E-state index in [1.807, 2.05) is 4.90 Å². The number of halogens is 1. The zero-order valence-corrected chi connectivity index (χ0v) is 14.2. The van der Waals surface area contributed by atoms with Gasteiger partial charge < -0.3 is 10.2 Å². The summed E-state index contributed by atoms with van der Waals surface area (Å²) < 4.78 is 1.50. The van der Waals surface area contributed by atoms with Crippen molar-refractivity contribution < 1.29 is 9.72 Å². The van der Waals surface area contributed by atoms with Crippen molar-refractivity contribution in [1.29, 1.82) is 0 Å². The van der Waals surface area contributed by atoms with Gasteiger partial charge in [0, 0.05) is 44.5 Å². The van der Waals surface area contributed by atoms with Crippen LogP contribution in [0.5, 0.6) is 0 Å². The van der Waals surface area contributed by atoms with E-state index in [-0.39, 0.29) is 24.0 Å². The number of likely N-dealkylation sites (tertiary alicyclic amines) is 1. The van der Waals surface area contributed by atoms with Gasteiger partial charge in [-0.1, -0.05) is 6.07 Å². The molecule has 0 unspecified atom stereocenters. The van der Waals surface area contributed by atoms with Gasteiger partial charge in [0.1, 0.15) is 0 Å². The van der Waals surface area contributed by atoms with Crippen molar-refractivity contribution in [2.24, 2.45) is 11.8 Å². The van der Waals surface area contributed by atoms with Gasteiger partial charge in [-0.25, -0.2) is 4.68 Å². The van der Waals surface area contributed by atoms with E-state index in [1.165, 1.54) is 16.8 Å². The Morgan fingerprint density at radius 2 is 1.96 bits per heavy atom. The highest BCUT2D eigenvalue weighted by Gasteiger charge is 2.38. The van der Waals surface area contributed by atoms with Crippen molar-refractivity contribution in [3.63, 3.8) is 0 Å². The summed E-state index contributed by atoms with van der Waals surface area (Å²) in [5, 5.41) is 18.5. The second kappa shape index (κ2) is 6.81. The first kappa shape index (κ1) is 17.4. The zero-order chi connectivity index (χ0) is 16.7. The lowest BCUT2D eigenvalue weighted by Crippen LogP contribution is -2.32. The summed E-state index contributed by atoms with van der Waals surface area (Å²) >= 11 is 0. The molecule has 3 heterocycles. The molecule has 0 spiro atoms. The molecule has 8 nitrogen and oxygen atoms in total. The third-order valence-corrected chi connectivity index (χ3v) is 4.79. The van der Waals surface area contributed by atoms with E-state index in [1.54, 1.807) is 24.4 Å². The first-order chi connectivity index (χ1) is 11.6. The third kappa shape index (κ3) is 3.22. The average Bonchev–Trinajstić information content (AvgIpc) is 3.29. The Bertz CT molecular complexity index is 797. The molecule has 1 aromatic carbocycles. The molecular formula is C16H18ClN5O3. The quantitative estimate of drug-likeness (QED) is 0.658. The number of benzene rings is 1. The van der Waals surface area contributed by atoms with E-state index in [9.17, 15) is 14.9 Å². The van der Waals surface area contributed by atoms with Crippen LogP contribution in [0, 0.1) is 22.0 Å². The Balaban J connectivity index is 0.00000182. The molecule has 2 atom stereocenters. The van der Waals surface area contributed by atoms with Gasteiger partial charge in [0.15, 0.2) is 5.69 Å². The fourth-order valence-corrected chi connectivity index (χ4v) is 3.51. The third-order valence-electron chi connectivity index (χ3n) is 4.79. The average molecular weight is 364 g/mol. The van der Waals surface area contributed by atoms with E-state index >= 15 is 0 Å². The fraction of sp³-hybridized carbons (Fsp3) is 0.375. The van der Waals surface area contributed by atoms with E-state index < -0.39 is 4.92 Å². The van der Waals surface area contributed by atoms with E-state index in [0.29, 0.717) is 23.2 Å². The van der Waals surface area contributed by atoms with Gasteiger partial charge in [-0.15, -0.1) is 12.4 Å². The highest BCUT2D eigenvalue weighted by atomic mass is 35.5. The highest BCUT2D eigenvalue weighted by molar-refractivity contribution is 5.92. The van der Waals surface area contributed by atoms with Crippen LogP contribution in [0.15, 0.2) is 36.5 Å². The van der Waals surface area contributed by atoms with Crippen molar-refractivity contribution >= 4 is 24.0 Å². The topological polar surface area (TPSA) is 93.3 Å². The molecule has 0 bridgehead atoms. The molecule has 2 aliphatic heterocycles. The predicted octanol–water partition coefficient (Wildman–Crippen LogP) is 1.49. The molecule has 2 fully saturated rings. The summed E-state index contributed by atoms with van der Waals surface area (Å²) in [6.45, 7) is 3.47.